The third-order valence-corrected chi connectivity index (χ3v) is 6.86. The van der Waals surface area contributed by atoms with E-state index in [0.717, 1.165) is 11.1 Å². The van der Waals surface area contributed by atoms with Crippen molar-refractivity contribution in [2.75, 3.05) is 13.1 Å². The molecule has 0 aliphatic carbocycles. The molecule has 3 aromatic carbocycles. The number of carbonyl (C=O) groups is 2. The van der Waals surface area contributed by atoms with E-state index >= 15 is 0 Å². The Morgan fingerprint density at radius 1 is 1.05 bits per heavy atom. The van der Waals surface area contributed by atoms with Crippen molar-refractivity contribution in [3.63, 3.8) is 0 Å². The number of ether oxygens (including phenoxy) is 1. The molecule has 40 heavy (non-hydrogen) atoms. The van der Waals surface area contributed by atoms with Crippen LogP contribution in [0.3, 0.4) is 0 Å². The van der Waals surface area contributed by atoms with E-state index in [4.69, 9.17) is 22.1 Å². The monoisotopic (exact) mass is 560 g/mol. The fourth-order valence-corrected chi connectivity index (χ4v) is 4.72. The fourth-order valence-electron chi connectivity index (χ4n) is 4.56. The van der Waals surface area contributed by atoms with Crippen LogP contribution in [0.15, 0.2) is 77.6 Å². The summed E-state index contributed by atoms with van der Waals surface area (Å²) in [5, 5.41) is 0.744. The van der Waals surface area contributed by atoms with E-state index in [1.54, 1.807) is 30.3 Å². The van der Waals surface area contributed by atoms with Crippen molar-refractivity contribution in [1.29, 1.82) is 0 Å². The summed E-state index contributed by atoms with van der Waals surface area (Å²) in [4.78, 5) is 47.0. The summed E-state index contributed by atoms with van der Waals surface area (Å²) in [5.74, 6) is -1.30. The summed E-state index contributed by atoms with van der Waals surface area (Å²) in [6.07, 6.45) is 0.500. The second-order valence-electron chi connectivity index (χ2n) is 10.0. The zero-order chi connectivity index (χ0) is 28.8. The molecule has 0 bridgehead atoms. The summed E-state index contributed by atoms with van der Waals surface area (Å²) >= 11 is 6.17. The number of rotatable bonds is 10. The Kier molecular flexibility index (Phi) is 9.34. The van der Waals surface area contributed by atoms with Crippen molar-refractivity contribution in [2.45, 2.75) is 39.8 Å². The number of fused-ring (bicyclic) bond motifs is 1. The van der Waals surface area contributed by atoms with Crippen LogP contribution >= 0.6 is 11.6 Å². The fraction of sp³-hybridized carbons (Fsp3) is 0.290. The minimum absolute atomic E-state index is 0.138. The van der Waals surface area contributed by atoms with Gasteiger partial charge < -0.3 is 15.4 Å². The second-order valence-corrected chi connectivity index (χ2v) is 10.5. The van der Waals surface area contributed by atoms with Gasteiger partial charge in [-0.15, -0.1) is 0 Å². The molecule has 0 fully saturated rings. The summed E-state index contributed by atoms with van der Waals surface area (Å²) in [6.45, 7) is 6.37. The Labute approximate surface area is 238 Å². The van der Waals surface area contributed by atoms with Gasteiger partial charge in [-0.05, 0) is 61.7 Å². The predicted molar refractivity (Wildman–Crippen MR) is 157 cm³/mol. The number of esters is 1. The Bertz CT molecular complexity index is 1550. The lowest BCUT2D eigenvalue weighted by Crippen LogP contribution is -2.50. The molecular weight excluding hydrogens is 528 g/mol. The lowest BCUT2D eigenvalue weighted by Gasteiger charge is -2.33. The lowest BCUT2D eigenvalue weighted by molar-refractivity contribution is -0.142. The number of hydrogen-bond donors (Lipinski definition) is 1. The van der Waals surface area contributed by atoms with E-state index in [2.05, 4.69) is 4.98 Å². The first-order chi connectivity index (χ1) is 19.2. The molecule has 0 saturated carbocycles. The number of hydrogen-bond acceptors (Lipinski definition) is 6. The highest BCUT2D eigenvalue weighted by atomic mass is 35.5. The van der Waals surface area contributed by atoms with E-state index in [1.165, 1.54) is 9.47 Å². The van der Waals surface area contributed by atoms with E-state index in [0.29, 0.717) is 34.5 Å². The minimum Gasteiger partial charge on any atom is -0.390 e. The van der Waals surface area contributed by atoms with E-state index in [1.807, 2.05) is 63.2 Å². The topological polar surface area (TPSA) is 108 Å². The maximum Gasteiger partial charge on any atom is 0.336 e. The number of amides is 1. The Morgan fingerprint density at radius 2 is 1.75 bits per heavy atom. The zero-order valence-corrected chi connectivity index (χ0v) is 23.6. The molecule has 208 valence electrons. The molecule has 2 N–H and O–H groups in total. The van der Waals surface area contributed by atoms with Crippen LogP contribution in [0, 0.1) is 12.8 Å². The minimum atomic E-state index is -0.947. The van der Waals surface area contributed by atoms with Crippen molar-refractivity contribution in [3.8, 4) is 6.01 Å². The summed E-state index contributed by atoms with van der Waals surface area (Å²) in [7, 11) is 0. The van der Waals surface area contributed by atoms with Crippen molar-refractivity contribution in [1.82, 2.24) is 14.5 Å². The number of carbonyl (C=O) groups excluding carboxylic acids is 2. The molecule has 4 aromatic rings. The molecule has 0 saturated heterocycles. The third-order valence-electron chi connectivity index (χ3n) is 6.63. The van der Waals surface area contributed by atoms with Gasteiger partial charge in [-0.1, -0.05) is 73.5 Å². The average molecular weight is 561 g/mol. The van der Waals surface area contributed by atoms with Crippen LogP contribution in [-0.2, 0) is 11.3 Å². The van der Waals surface area contributed by atoms with Gasteiger partial charge in [0.25, 0.3) is 11.5 Å². The summed E-state index contributed by atoms with van der Waals surface area (Å²) < 4.78 is 7.21. The first kappa shape index (κ1) is 29.0. The quantitative estimate of drug-likeness (QED) is 0.278. The van der Waals surface area contributed by atoms with Crippen molar-refractivity contribution in [3.05, 3.63) is 105 Å². The Morgan fingerprint density at radius 3 is 2.40 bits per heavy atom. The smallest absolute Gasteiger partial charge is 0.336 e. The van der Waals surface area contributed by atoms with Gasteiger partial charge in [0.05, 0.1) is 17.4 Å². The molecule has 0 aliphatic rings. The van der Waals surface area contributed by atoms with Crippen LogP contribution < -0.4 is 16.0 Å². The standard InChI is InChI=1S/C31H33ClN4O4/c1-20(2)27(35(17-7-16-33)28(37)23-12-10-21(3)11-13-23)30(39)40-31-34-26-18-24(32)14-15-25(26)29(38)36(31)19-22-8-5-4-6-9-22/h4-6,8-15,18,20,27H,7,16-17,19,33H2,1-3H3. The van der Waals surface area contributed by atoms with E-state index < -0.39 is 12.0 Å². The first-order valence-corrected chi connectivity index (χ1v) is 13.6. The molecule has 1 atom stereocenters. The SMILES string of the molecule is Cc1ccc(C(=O)N(CCCN)C(C(=O)Oc2nc3cc(Cl)ccc3c(=O)n2Cc2ccccc2)C(C)C)cc1. The molecule has 0 aliphatic heterocycles. The molecule has 9 heteroatoms. The number of benzene rings is 3. The number of halogens is 1. The molecule has 0 spiro atoms. The van der Waals surface area contributed by atoms with Gasteiger partial charge in [0, 0.05) is 17.1 Å². The molecule has 8 nitrogen and oxygen atoms in total. The third kappa shape index (κ3) is 6.58. The van der Waals surface area contributed by atoms with Crippen LogP contribution in [0.2, 0.25) is 5.02 Å². The van der Waals surface area contributed by atoms with Gasteiger partial charge in [-0.25, -0.2) is 4.79 Å². The van der Waals surface area contributed by atoms with Crippen molar-refractivity contribution < 1.29 is 14.3 Å². The van der Waals surface area contributed by atoms with Crippen LogP contribution in [0.25, 0.3) is 10.9 Å². The molecular formula is C31H33ClN4O4. The largest absolute Gasteiger partial charge is 0.390 e. The van der Waals surface area contributed by atoms with Gasteiger partial charge in [0.2, 0.25) is 0 Å². The molecule has 0 radical (unpaired) electrons. The number of aromatic nitrogens is 2. The molecule has 1 aromatic heterocycles. The summed E-state index contributed by atoms with van der Waals surface area (Å²) in [6, 6.07) is 20.2. The number of aryl methyl sites for hydroxylation is 1. The van der Waals surface area contributed by atoms with E-state index in [9.17, 15) is 14.4 Å². The van der Waals surface area contributed by atoms with Crippen LogP contribution in [0.5, 0.6) is 6.01 Å². The highest BCUT2D eigenvalue weighted by Gasteiger charge is 2.35. The van der Waals surface area contributed by atoms with Crippen LogP contribution in [-0.4, -0.2) is 45.5 Å². The van der Waals surface area contributed by atoms with E-state index in [-0.39, 0.29) is 36.5 Å². The predicted octanol–water partition coefficient (Wildman–Crippen LogP) is 4.83. The highest BCUT2D eigenvalue weighted by molar-refractivity contribution is 6.31. The van der Waals surface area contributed by atoms with Gasteiger partial charge in [0.1, 0.15) is 6.04 Å². The number of nitrogens with two attached hydrogens (primary N) is 1. The van der Waals surface area contributed by atoms with Crippen molar-refractivity contribution in [2.24, 2.45) is 11.7 Å². The van der Waals surface area contributed by atoms with Gasteiger partial charge in [0.15, 0.2) is 0 Å². The van der Waals surface area contributed by atoms with Gasteiger partial charge in [-0.3, -0.25) is 14.2 Å². The molecule has 1 unspecified atom stereocenters. The normalized spacial score (nSPS) is 11.9. The molecule has 4 rings (SSSR count). The zero-order valence-electron chi connectivity index (χ0n) is 22.8. The second kappa shape index (κ2) is 12.9. The van der Waals surface area contributed by atoms with Crippen LogP contribution in [0.4, 0.5) is 0 Å². The maximum absolute atomic E-state index is 13.8. The maximum atomic E-state index is 13.8. The Hall–Kier alpha value is -4.01. The molecule has 1 heterocycles. The van der Waals surface area contributed by atoms with Crippen LogP contribution in [0.1, 0.15) is 41.8 Å². The van der Waals surface area contributed by atoms with Crippen molar-refractivity contribution >= 4 is 34.4 Å². The summed E-state index contributed by atoms with van der Waals surface area (Å²) in [5.41, 5.74) is 8.02. The Balaban J connectivity index is 1.76. The van der Waals surface area contributed by atoms with Gasteiger partial charge >= 0.3 is 12.0 Å². The van der Waals surface area contributed by atoms with Gasteiger partial charge in [-0.2, -0.15) is 4.98 Å². The number of nitrogens with zero attached hydrogens (tertiary/aromatic N) is 3. The first-order valence-electron chi connectivity index (χ1n) is 13.2. The highest BCUT2D eigenvalue weighted by Crippen LogP contribution is 2.22. The lowest BCUT2D eigenvalue weighted by atomic mass is 10.0. The average Bonchev–Trinajstić information content (AvgIpc) is 2.93. The molecule has 1 amide bonds.